The second-order valence-electron chi connectivity index (χ2n) is 11.0. The van der Waals surface area contributed by atoms with Gasteiger partial charge in [0.15, 0.2) is 0 Å². The molecular weight excluding hydrogens is 526 g/mol. The van der Waals surface area contributed by atoms with Gasteiger partial charge < -0.3 is 10.2 Å². The second-order valence-corrected chi connectivity index (χ2v) is 11.0. The molecule has 4 radical (unpaired) electrons. The third-order valence-corrected chi connectivity index (χ3v) is 5.17. The van der Waals surface area contributed by atoms with Crippen molar-refractivity contribution in [3.8, 4) is 11.5 Å². The molecule has 0 fully saturated rings. The molecule has 0 aromatic heterocycles. The largest absolute Gasteiger partial charge is 0.872 e. The molecule has 3 aromatic rings. The minimum absolute atomic E-state index is 0. The summed E-state index contributed by atoms with van der Waals surface area (Å²) < 4.78 is 0. The molecule has 0 aliphatic heterocycles. The Kier molecular flexibility index (Phi) is 12.5. The van der Waals surface area contributed by atoms with Crippen LogP contribution in [0.1, 0.15) is 80.5 Å². The molecule has 0 heterocycles. The third kappa shape index (κ3) is 11.0. The number of rotatable bonds is 0. The van der Waals surface area contributed by atoms with Crippen LogP contribution in [-0.4, -0.2) is 24.4 Å². The van der Waals surface area contributed by atoms with Gasteiger partial charge in [0, 0.05) is 24.4 Å². The van der Waals surface area contributed by atoms with Crippen molar-refractivity contribution in [2.75, 3.05) is 0 Å². The van der Waals surface area contributed by atoms with Gasteiger partial charge in [-0.15, -0.1) is 11.5 Å². The summed E-state index contributed by atoms with van der Waals surface area (Å²) in [5, 5.41) is 22.8. The molecule has 3 aromatic carbocycles. The maximum Gasteiger partial charge on any atom is 0 e. The van der Waals surface area contributed by atoms with Crippen molar-refractivity contribution in [3.05, 3.63) is 93.5 Å². The molecule has 3 heteroatoms. The van der Waals surface area contributed by atoms with Gasteiger partial charge >= 0.3 is 0 Å². The van der Waals surface area contributed by atoms with E-state index < -0.39 is 0 Å². The normalized spacial score (nSPS) is 10.8. The Balaban J connectivity index is 0.000000479. The molecule has 0 aliphatic rings. The Morgan fingerprint density at radius 2 is 0.853 bits per heavy atom. The number of hydrogen-bond donors (Lipinski definition) is 0. The van der Waals surface area contributed by atoms with Crippen LogP contribution in [0, 0.1) is 40.7 Å². The summed E-state index contributed by atoms with van der Waals surface area (Å²) in [4.78, 5) is 0. The molecule has 0 saturated heterocycles. The van der Waals surface area contributed by atoms with Crippen molar-refractivity contribution in [2.45, 2.75) is 87.0 Å². The first-order valence-electron chi connectivity index (χ1n) is 11.5. The Morgan fingerprint density at radius 3 is 1.09 bits per heavy atom. The summed E-state index contributed by atoms with van der Waals surface area (Å²) in [5.41, 5.74) is 7.82. The van der Waals surface area contributed by atoms with Gasteiger partial charge in [-0.25, -0.2) is 0 Å². The Labute approximate surface area is 225 Å². The zero-order valence-electron chi connectivity index (χ0n) is 22.9. The molecule has 0 unspecified atom stereocenters. The minimum atomic E-state index is -0.0386. The van der Waals surface area contributed by atoms with Crippen molar-refractivity contribution in [3.63, 3.8) is 0 Å². The maximum absolute atomic E-state index is 11.4. The smallest absolute Gasteiger partial charge is 0 e. The average molecular weight is 567 g/mol. The molecule has 0 aliphatic carbocycles. The van der Waals surface area contributed by atoms with Crippen LogP contribution in [-0.2, 0) is 10.8 Å². The fourth-order valence-corrected chi connectivity index (χ4v) is 3.57. The minimum Gasteiger partial charge on any atom is -0.872 e. The van der Waals surface area contributed by atoms with E-state index in [0.29, 0.717) is 0 Å². The van der Waals surface area contributed by atoms with E-state index in [-0.39, 0.29) is 46.8 Å². The topological polar surface area (TPSA) is 46.1 Å². The van der Waals surface area contributed by atoms with Crippen LogP contribution in [0.5, 0.6) is 11.5 Å². The predicted octanol–water partition coefficient (Wildman–Crippen LogP) is 6.76. The summed E-state index contributed by atoms with van der Waals surface area (Å²) in [6.45, 7) is 22.6. The molecule has 184 valence electrons. The number of benzene rings is 3. The molecule has 0 N–H and O–H groups in total. The van der Waals surface area contributed by atoms with Gasteiger partial charge in [0.2, 0.25) is 0 Å². The van der Waals surface area contributed by atoms with Gasteiger partial charge in [-0.05, 0) is 62.6 Å². The van der Waals surface area contributed by atoms with Gasteiger partial charge in [0.25, 0.3) is 0 Å². The van der Waals surface area contributed by atoms with E-state index in [1.54, 1.807) is 12.1 Å². The SMILES string of the molecule is Cc1[c]c(C)cc(C)c1.Cc1ccc([O-])c(C(C)(C)C)c1.Cc1ccc([O-])c(C(C)(C)C)c1.[Sb]. The molecular formula is C31H41O2Sb-2. The van der Waals surface area contributed by atoms with E-state index in [1.165, 1.54) is 16.7 Å². The second kappa shape index (κ2) is 13.2. The molecule has 0 spiro atoms. The predicted molar refractivity (Wildman–Crippen MR) is 144 cm³/mol. The van der Waals surface area contributed by atoms with Crippen molar-refractivity contribution < 1.29 is 10.2 Å². The van der Waals surface area contributed by atoms with E-state index in [1.807, 2.05) is 38.1 Å². The van der Waals surface area contributed by atoms with Crippen molar-refractivity contribution >= 4 is 24.4 Å². The van der Waals surface area contributed by atoms with E-state index in [9.17, 15) is 10.2 Å². The van der Waals surface area contributed by atoms with Crippen LogP contribution in [0.3, 0.4) is 0 Å². The van der Waals surface area contributed by atoms with E-state index in [0.717, 1.165) is 22.3 Å². The first-order chi connectivity index (χ1) is 15.0. The summed E-state index contributed by atoms with van der Waals surface area (Å²) in [6, 6.07) is 18.4. The third-order valence-electron chi connectivity index (χ3n) is 5.17. The van der Waals surface area contributed by atoms with Gasteiger partial charge in [-0.1, -0.05) is 118 Å². The molecule has 0 bridgehead atoms. The van der Waals surface area contributed by atoms with Crippen molar-refractivity contribution in [2.24, 2.45) is 0 Å². The standard InChI is InChI=1S/2C11H16O.C9H11.Sb/c2*1-8-5-6-10(12)9(7-8)11(2,3)4;1-7-4-8(2)6-9(3)5-7;/h2*5-7,12H,1-4H3;4-5H,1-3H3;/p-2. The molecule has 0 amide bonds. The zero-order chi connectivity index (χ0) is 25.6. The number of hydrogen-bond acceptors (Lipinski definition) is 2. The Hall–Kier alpha value is -1.92. The summed E-state index contributed by atoms with van der Waals surface area (Å²) >= 11 is 0. The first kappa shape index (κ1) is 32.1. The van der Waals surface area contributed by atoms with E-state index in [4.69, 9.17) is 0 Å². The quantitative estimate of drug-likeness (QED) is 0.282. The van der Waals surface area contributed by atoms with Crippen LogP contribution < -0.4 is 10.2 Å². The molecule has 0 saturated carbocycles. The average Bonchev–Trinajstić information content (AvgIpc) is 2.64. The number of aryl methyl sites for hydroxylation is 5. The summed E-state index contributed by atoms with van der Waals surface area (Å²) in [6.07, 6.45) is 0. The fraction of sp³-hybridized carbons (Fsp3) is 0.419. The summed E-state index contributed by atoms with van der Waals surface area (Å²) in [7, 11) is 0. The van der Waals surface area contributed by atoms with Gasteiger partial charge in [0.05, 0.1) is 0 Å². The Bertz CT molecular complexity index is 942. The van der Waals surface area contributed by atoms with Crippen LogP contribution in [0.2, 0.25) is 0 Å². The molecule has 3 rings (SSSR count). The van der Waals surface area contributed by atoms with Gasteiger partial charge in [-0.3, -0.25) is 0 Å². The van der Waals surface area contributed by atoms with Gasteiger partial charge in [0.1, 0.15) is 0 Å². The van der Waals surface area contributed by atoms with Crippen LogP contribution in [0.15, 0.2) is 48.5 Å². The molecule has 2 nitrogen and oxygen atoms in total. The van der Waals surface area contributed by atoms with Crippen LogP contribution in [0.4, 0.5) is 0 Å². The van der Waals surface area contributed by atoms with E-state index in [2.05, 4.69) is 80.5 Å². The maximum atomic E-state index is 11.4. The zero-order valence-corrected chi connectivity index (χ0v) is 25.4. The fourth-order valence-electron chi connectivity index (χ4n) is 3.57. The monoisotopic (exact) mass is 566 g/mol. The molecule has 0 atom stereocenters. The first-order valence-corrected chi connectivity index (χ1v) is 11.5. The van der Waals surface area contributed by atoms with Crippen molar-refractivity contribution in [1.82, 2.24) is 0 Å². The van der Waals surface area contributed by atoms with Crippen molar-refractivity contribution in [1.29, 1.82) is 0 Å². The summed E-state index contributed by atoms with van der Waals surface area (Å²) in [5.74, 6) is 0.293. The van der Waals surface area contributed by atoms with E-state index >= 15 is 0 Å². The molecule has 34 heavy (non-hydrogen) atoms. The van der Waals surface area contributed by atoms with Crippen LogP contribution >= 0.6 is 0 Å². The Morgan fingerprint density at radius 1 is 0.529 bits per heavy atom. The van der Waals surface area contributed by atoms with Crippen LogP contribution in [0.25, 0.3) is 0 Å². The van der Waals surface area contributed by atoms with Gasteiger partial charge in [-0.2, -0.15) is 0 Å².